The molecule has 13 heavy (non-hydrogen) atoms. The first-order valence-electron chi connectivity index (χ1n) is 5.01. The Bertz CT molecular complexity index is 201. The van der Waals surface area contributed by atoms with Crippen molar-refractivity contribution in [1.82, 2.24) is 15.1 Å². The summed E-state index contributed by atoms with van der Waals surface area (Å²) in [7, 11) is 1.89. The first-order valence-corrected chi connectivity index (χ1v) is 5.01. The third-order valence-electron chi connectivity index (χ3n) is 2.94. The van der Waals surface area contributed by atoms with Gasteiger partial charge in [-0.1, -0.05) is 0 Å². The Kier molecular flexibility index (Phi) is 2.40. The van der Waals surface area contributed by atoms with Crippen LogP contribution < -0.4 is 5.32 Å². The Hall–Kier alpha value is -0.770. The van der Waals surface area contributed by atoms with E-state index in [-0.39, 0.29) is 6.03 Å². The molecule has 2 aliphatic rings. The number of nitrogens with one attached hydrogen (secondary N) is 1. The second-order valence-corrected chi connectivity index (χ2v) is 3.90. The minimum atomic E-state index is 0.208. The molecule has 0 aromatic rings. The van der Waals surface area contributed by atoms with Crippen LogP contribution in [0.4, 0.5) is 4.79 Å². The summed E-state index contributed by atoms with van der Waals surface area (Å²) in [4.78, 5) is 15.6. The zero-order valence-corrected chi connectivity index (χ0v) is 8.12. The molecule has 4 nitrogen and oxygen atoms in total. The molecule has 1 N–H and O–H groups in total. The molecule has 4 heteroatoms. The van der Waals surface area contributed by atoms with Crippen LogP contribution >= 0.6 is 0 Å². The number of hydrogen-bond donors (Lipinski definition) is 1. The Balaban J connectivity index is 2.00. The van der Waals surface area contributed by atoms with Gasteiger partial charge < -0.3 is 15.1 Å². The van der Waals surface area contributed by atoms with Crippen LogP contribution in [0.3, 0.4) is 0 Å². The van der Waals surface area contributed by atoms with Crippen LogP contribution in [0.5, 0.6) is 0 Å². The number of nitrogens with zero attached hydrogens (tertiary/aromatic N) is 2. The van der Waals surface area contributed by atoms with E-state index in [0.29, 0.717) is 6.04 Å². The summed E-state index contributed by atoms with van der Waals surface area (Å²) in [5, 5.41) is 3.29. The van der Waals surface area contributed by atoms with Crippen molar-refractivity contribution < 1.29 is 4.79 Å². The largest absolute Gasteiger partial charge is 0.328 e. The zero-order valence-electron chi connectivity index (χ0n) is 8.12. The molecule has 0 radical (unpaired) electrons. The molecule has 2 saturated heterocycles. The lowest BCUT2D eigenvalue weighted by atomic mass is 10.2. The van der Waals surface area contributed by atoms with E-state index < -0.39 is 0 Å². The maximum atomic E-state index is 11.7. The fourth-order valence-electron chi connectivity index (χ4n) is 2.13. The number of carbonyl (C=O) groups excluding carboxylic acids is 1. The predicted molar refractivity (Wildman–Crippen MR) is 50.6 cm³/mol. The smallest absolute Gasteiger partial charge is 0.320 e. The van der Waals surface area contributed by atoms with Gasteiger partial charge in [-0.2, -0.15) is 0 Å². The van der Waals surface area contributed by atoms with Crippen LogP contribution in [-0.2, 0) is 0 Å². The second-order valence-electron chi connectivity index (χ2n) is 3.90. The van der Waals surface area contributed by atoms with Gasteiger partial charge in [0.25, 0.3) is 0 Å². The summed E-state index contributed by atoms with van der Waals surface area (Å²) in [5.41, 5.74) is 0. The van der Waals surface area contributed by atoms with Gasteiger partial charge in [0, 0.05) is 32.7 Å². The number of urea groups is 1. The fourth-order valence-corrected chi connectivity index (χ4v) is 2.13. The molecule has 0 spiro atoms. The molecular weight excluding hydrogens is 166 g/mol. The van der Waals surface area contributed by atoms with Crippen molar-refractivity contribution in [2.24, 2.45) is 0 Å². The Morgan fingerprint density at radius 1 is 1.46 bits per heavy atom. The molecule has 2 fully saturated rings. The van der Waals surface area contributed by atoms with Crippen LogP contribution in [0.15, 0.2) is 0 Å². The van der Waals surface area contributed by atoms with Crippen LogP contribution in [0.25, 0.3) is 0 Å². The molecule has 2 rings (SSSR count). The van der Waals surface area contributed by atoms with Crippen molar-refractivity contribution in [3.8, 4) is 0 Å². The number of rotatable bonds is 1. The lowest BCUT2D eigenvalue weighted by molar-refractivity contribution is 0.122. The van der Waals surface area contributed by atoms with Crippen molar-refractivity contribution in [3.63, 3.8) is 0 Å². The third-order valence-corrected chi connectivity index (χ3v) is 2.94. The van der Waals surface area contributed by atoms with Gasteiger partial charge in [0.2, 0.25) is 0 Å². The third kappa shape index (κ3) is 1.63. The highest BCUT2D eigenvalue weighted by atomic mass is 16.2. The van der Waals surface area contributed by atoms with E-state index >= 15 is 0 Å². The van der Waals surface area contributed by atoms with E-state index in [4.69, 9.17) is 0 Å². The first-order chi connectivity index (χ1) is 6.29. The molecule has 1 atom stereocenters. The maximum absolute atomic E-state index is 11.7. The summed E-state index contributed by atoms with van der Waals surface area (Å²) in [5.74, 6) is 0. The molecule has 2 heterocycles. The van der Waals surface area contributed by atoms with Crippen molar-refractivity contribution in [2.75, 3.05) is 33.2 Å². The van der Waals surface area contributed by atoms with Crippen LogP contribution in [-0.4, -0.2) is 55.1 Å². The molecule has 0 saturated carbocycles. The van der Waals surface area contributed by atoms with Gasteiger partial charge in [0.15, 0.2) is 0 Å². The van der Waals surface area contributed by atoms with Gasteiger partial charge >= 0.3 is 6.03 Å². The van der Waals surface area contributed by atoms with Gasteiger partial charge in [0.05, 0.1) is 0 Å². The molecular formula is C9H17N3O. The molecule has 0 aliphatic carbocycles. The van der Waals surface area contributed by atoms with Crippen LogP contribution in [0.1, 0.15) is 12.8 Å². The highest BCUT2D eigenvalue weighted by Crippen LogP contribution is 2.15. The lowest BCUT2D eigenvalue weighted by Gasteiger charge is -2.36. The number of carbonyl (C=O) groups is 1. The SMILES string of the molecule is CN1CCCN([C@H]2CCNC2)C1=O. The van der Waals surface area contributed by atoms with Gasteiger partial charge in [-0.15, -0.1) is 0 Å². The summed E-state index contributed by atoms with van der Waals surface area (Å²) in [6.07, 6.45) is 2.22. The minimum Gasteiger partial charge on any atom is -0.328 e. The van der Waals surface area contributed by atoms with Crippen molar-refractivity contribution in [3.05, 3.63) is 0 Å². The standard InChI is InChI=1S/C9H17N3O/c1-11-5-2-6-12(9(11)13)8-3-4-10-7-8/h8,10H,2-7H2,1H3/t8-/m0/s1. The number of hydrogen-bond acceptors (Lipinski definition) is 2. The zero-order chi connectivity index (χ0) is 9.26. The van der Waals surface area contributed by atoms with E-state index in [1.807, 2.05) is 16.8 Å². The average molecular weight is 183 g/mol. The molecule has 74 valence electrons. The second kappa shape index (κ2) is 3.54. The molecule has 0 aromatic carbocycles. The van der Waals surface area contributed by atoms with E-state index in [0.717, 1.165) is 39.0 Å². The van der Waals surface area contributed by atoms with Gasteiger partial charge in [-0.3, -0.25) is 0 Å². The minimum absolute atomic E-state index is 0.208. The Labute approximate surface area is 78.9 Å². The highest BCUT2D eigenvalue weighted by molar-refractivity contribution is 5.75. The lowest BCUT2D eigenvalue weighted by Crippen LogP contribution is -2.52. The number of amides is 2. The molecule has 0 aromatic heterocycles. The van der Waals surface area contributed by atoms with E-state index in [1.54, 1.807) is 0 Å². The molecule has 0 unspecified atom stereocenters. The van der Waals surface area contributed by atoms with E-state index in [1.165, 1.54) is 0 Å². The first kappa shape index (κ1) is 8.81. The topological polar surface area (TPSA) is 35.6 Å². The van der Waals surface area contributed by atoms with Crippen LogP contribution in [0, 0.1) is 0 Å². The van der Waals surface area contributed by atoms with Gasteiger partial charge in [-0.25, -0.2) is 4.79 Å². The monoisotopic (exact) mass is 183 g/mol. The molecule has 0 bridgehead atoms. The van der Waals surface area contributed by atoms with Gasteiger partial charge in [0.1, 0.15) is 0 Å². The van der Waals surface area contributed by atoms with Crippen molar-refractivity contribution >= 4 is 6.03 Å². The predicted octanol–water partition coefficient (Wildman–Crippen LogP) is 0.106. The fraction of sp³-hybridized carbons (Fsp3) is 0.889. The highest BCUT2D eigenvalue weighted by Gasteiger charge is 2.30. The normalized spacial score (nSPS) is 29.9. The maximum Gasteiger partial charge on any atom is 0.320 e. The summed E-state index contributed by atoms with van der Waals surface area (Å²) in [6.45, 7) is 3.88. The van der Waals surface area contributed by atoms with E-state index in [2.05, 4.69) is 5.32 Å². The Morgan fingerprint density at radius 2 is 2.31 bits per heavy atom. The van der Waals surface area contributed by atoms with Crippen molar-refractivity contribution in [2.45, 2.75) is 18.9 Å². The Morgan fingerprint density at radius 3 is 3.00 bits per heavy atom. The van der Waals surface area contributed by atoms with Gasteiger partial charge in [-0.05, 0) is 19.4 Å². The quantitative estimate of drug-likeness (QED) is 0.626. The average Bonchev–Trinajstić information content (AvgIpc) is 2.62. The van der Waals surface area contributed by atoms with Crippen molar-refractivity contribution in [1.29, 1.82) is 0 Å². The van der Waals surface area contributed by atoms with Crippen LogP contribution in [0.2, 0.25) is 0 Å². The summed E-state index contributed by atoms with van der Waals surface area (Å²) >= 11 is 0. The van der Waals surface area contributed by atoms with E-state index in [9.17, 15) is 4.79 Å². The molecule has 2 aliphatic heterocycles. The molecule has 2 amide bonds. The summed E-state index contributed by atoms with van der Waals surface area (Å²) in [6, 6.07) is 0.648. The summed E-state index contributed by atoms with van der Waals surface area (Å²) < 4.78 is 0.